The maximum absolute atomic E-state index is 12.6. The largest absolute Gasteiger partial charge is 0.448 e. The van der Waals surface area contributed by atoms with E-state index in [1.165, 1.54) is 6.42 Å². The lowest BCUT2D eigenvalue weighted by Gasteiger charge is -2.31. The van der Waals surface area contributed by atoms with E-state index in [2.05, 4.69) is 15.5 Å². The Morgan fingerprint density at radius 3 is 2.74 bits per heavy atom. The summed E-state index contributed by atoms with van der Waals surface area (Å²) in [4.78, 5) is 12.6. The molecule has 3 aromatic rings. The van der Waals surface area contributed by atoms with Gasteiger partial charge in [-0.3, -0.25) is 9.20 Å². The molecule has 1 aliphatic heterocycles. The molecule has 1 amide bonds. The number of aromatic nitrogens is 3. The fourth-order valence-corrected chi connectivity index (χ4v) is 3.81. The van der Waals surface area contributed by atoms with Crippen LogP contribution in [-0.2, 0) is 0 Å². The SMILES string of the molecule is Cc1nnc2ccc(C(=O)Nc3ccc4c(c3)OC3(CCCCC3)O4)cn12. The molecule has 138 valence electrons. The molecule has 1 N–H and O–H groups in total. The van der Waals surface area contributed by atoms with Crippen molar-refractivity contribution in [1.82, 2.24) is 14.6 Å². The zero-order chi connectivity index (χ0) is 18.4. The second-order valence-electron chi connectivity index (χ2n) is 7.18. The first-order valence-electron chi connectivity index (χ1n) is 9.27. The van der Waals surface area contributed by atoms with Crippen LogP contribution in [0.5, 0.6) is 11.5 Å². The Bertz CT molecular complexity index is 1040. The van der Waals surface area contributed by atoms with Crippen LogP contribution in [0.4, 0.5) is 5.69 Å². The number of hydrogen-bond acceptors (Lipinski definition) is 5. The Labute approximate surface area is 156 Å². The van der Waals surface area contributed by atoms with Crippen LogP contribution in [-0.4, -0.2) is 26.3 Å². The number of hydrogen-bond donors (Lipinski definition) is 1. The van der Waals surface area contributed by atoms with Gasteiger partial charge in [-0.1, -0.05) is 6.42 Å². The van der Waals surface area contributed by atoms with E-state index in [0.717, 1.165) is 37.3 Å². The maximum atomic E-state index is 12.6. The van der Waals surface area contributed by atoms with Crippen molar-refractivity contribution in [1.29, 1.82) is 0 Å². The van der Waals surface area contributed by atoms with E-state index >= 15 is 0 Å². The third kappa shape index (κ3) is 2.79. The van der Waals surface area contributed by atoms with Crippen molar-refractivity contribution >= 4 is 17.2 Å². The Morgan fingerprint density at radius 2 is 1.89 bits per heavy atom. The molecule has 7 nitrogen and oxygen atoms in total. The first kappa shape index (κ1) is 16.1. The van der Waals surface area contributed by atoms with Gasteiger partial charge in [0.25, 0.3) is 11.7 Å². The molecule has 1 aromatic carbocycles. The molecule has 5 rings (SSSR count). The highest BCUT2D eigenvalue weighted by Crippen LogP contribution is 2.46. The van der Waals surface area contributed by atoms with Crippen LogP contribution < -0.4 is 14.8 Å². The summed E-state index contributed by atoms with van der Waals surface area (Å²) in [5.74, 6) is 1.47. The molecule has 1 spiro atoms. The third-order valence-electron chi connectivity index (χ3n) is 5.24. The molecule has 0 saturated heterocycles. The van der Waals surface area contributed by atoms with Gasteiger partial charge in [-0.15, -0.1) is 10.2 Å². The summed E-state index contributed by atoms with van der Waals surface area (Å²) in [6, 6.07) is 9.05. The number of pyridine rings is 1. The maximum Gasteiger partial charge on any atom is 0.257 e. The van der Waals surface area contributed by atoms with Crippen LogP contribution in [0.1, 0.15) is 48.3 Å². The zero-order valence-corrected chi connectivity index (χ0v) is 15.1. The quantitative estimate of drug-likeness (QED) is 0.750. The van der Waals surface area contributed by atoms with Crippen molar-refractivity contribution in [3.05, 3.63) is 47.9 Å². The van der Waals surface area contributed by atoms with E-state index in [1.54, 1.807) is 22.7 Å². The van der Waals surface area contributed by atoms with E-state index in [0.29, 0.717) is 22.6 Å². The zero-order valence-electron chi connectivity index (χ0n) is 15.1. The minimum absolute atomic E-state index is 0.198. The van der Waals surface area contributed by atoms with Gasteiger partial charge in [-0.25, -0.2) is 0 Å². The topological polar surface area (TPSA) is 77.8 Å². The monoisotopic (exact) mass is 364 g/mol. The predicted octanol–water partition coefficient (Wildman–Crippen LogP) is 3.72. The Morgan fingerprint density at radius 1 is 1.07 bits per heavy atom. The fourth-order valence-electron chi connectivity index (χ4n) is 3.81. The highest BCUT2D eigenvalue weighted by atomic mass is 16.7. The minimum atomic E-state index is -0.514. The molecule has 2 aromatic heterocycles. The van der Waals surface area contributed by atoms with Gasteiger partial charge < -0.3 is 14.8 Å². The number of fused-ring (bicyclic) bond motifs is 2. The number of nitrogens with one attached hydrogen (secondary N) is 1. The summed E-state index contributed by atoms with van der Waals surface area (Å²) >= 11 is 0. The van der Waals surface area contributed by atoms with Crippen LogP contribution in [0.25, 0.3) is 5.65 Å². The van der Waals surface area contributed by atoms with E-state index in [1.807, 2.05) is 25.1 Å². The normalized spacial score (nSPS) is 17.4. The van der Waals surface area contributed by atoms with Gasteiger partial charge >= 0.3 is 0 Å². The number of anilines is 1. The summed E-state index contributed by atoms with van der Waals surface area (Å²) in [6.07, 6.45) is 7.00. The lowest BCUT2D eigenvalue weighted by atomic mass is 9.94. The van der Waals surface area contributed by atoms with E-state index in [-0.39, 0.29) is 5.91 Å². The molecule has 1 saturated carbocycles. The summed E-state index contributed by atoms with van der Waals surface area (Å²) in [5, 5.41) is 11.0. The summed E-state index contributed by atoms with van der Waals surface area (Å²) in [6.45, 7) is 1.85. The highest BCUT2D eigenvalue weighted by Gasteiger charge is 2.42. The summed E-state index contributed by atoms with van der Waals surface area (Å²) in [7, 11) is 0. The molecule has 2 aliphatic rings. The molecule has 7 heteroatoms. The number of carbonyl (C=O) groups is 1. The van der Waals surface area contributed by atoms with E-state index in [9.17, 15) is 4.79 Å². The van der Waals surface area contributed by atoms with Crippen molar-refractivity contribution in [2.45, 2.75) is 44.8 Å². The molecule has 0 unspecified atom stereocenters. The smallest absolute Gasteiger partial charge is 0.257 e. The predicted molar refractivity (Wildman–Crippen MR) is 99.2 cm³/mol. The van der Waals surface area contributed by atoms with Crippen LogP contribution >= 0.6 is 0 Å². The number of benzene rings is 1. The van der Waals surface area contributed by atoms with Gasteiger partial charge in [0.1, 0.15) is 5.82 Å². The Kier molecular flexibility index (Phi) is 3.56. The number of amides is 1. The fraction of sp³-hybridized carbons (Fsp3) is 0.350. The molecule has 0 radical (unpaired) electrons. The number of aryl methyl sites for hydroxylation is 1. The van der Waals surface area contributed by atoms with Crippen molar-refractivity contribution in [2.75, 3.05) is 5.32 Å². The van der Waals surface area contributed by atoms with Gasteiger partial charge in [-0.2, -0.15) is 0 Å². The van der Waals surface area contributed by atoms with Gasteiger partial charge in [0.15, 0.2) is 17.1 Å². The first-order valence-corrected chi connectivity index (χ1v) is 9.27. The first-order chi connectivity index (χ1) is 13.1. The van der Waals surface area contributed by atoms with Crippen molar-refractivity contribution in [3.63, 3.8) is 0 Å². The van der Waals surface area contributed by atoms with E-state index < -0.39 is 5.79 Å². The molecule has 1 fully saturated rings. The van der Waals surface area contributed by atoms with Crippen LogP contribution in [0.2, 0.25) is 0 Å². The highest BCUT2D eigenvalue weighted by molar-refractivity contribution is 6.04. The number of rotatable bonds is 2. The Balaban J connectivity index is 1.36. The lowest BCUT2D eigenvalue weighted by molar-refractivity contribution is -0.105. The standard InChI is InChI=1S/C20H20N4O3/c1-13-22-23-18-8-5-14(12-24(13)18)19(25)21-15-6-7-16-17(11-15)27-20(26-16)9-3-2-4-10-20/h5-8,11-12H,2-4,9-10H2,1H3,(H,21,25). The van der Waals surface area contributed by atoms with Crippen LogP contribution in [0, 0.1) is 6.92 Å². The lowest BCUT2D eigenvalue weighted by Crippen LogP contribution is -2.40. The Hall–Kier alpha value is -3.09. The molecule has 0 atom stereocenters. The number of carbonyl (C=O) groups excluding carboxylic acids is 1. The second kappa shape index (κ2) is 5.97. The van der Waals surface area contributed by atoms with Gasteiger partial charge in [0.05, 0.1) is 5.56 Å². The summed E-state index contributed by atoms with van der Waals surface area (Å²) in [5.41, 5.74) is 1.92. The van der Waals surface area contributed by atoms with Crippen molar-refractivity contribution in [3.8, 4) is 11.5 Å². The van der Waals surface area contributed by atoms with Crippen molar-refractivity contribution < 1.29 is 14.3 Å². The molecule has 1 aliphatic carbocycles. The van der Waals surface area contributed by atoms with Crippen LogP contribution in [0.15, 0.2) is 36.5 Å². The van der Waals surface area contributed by atoms with Gasteiger partial charge in [0, 0.05) is 30.8 Å². The number of ether oxygens (including phenoxy) is 2. The summed E-state index contributed by atoms with van der Waals surface area (Å²) < 4.78 is 14.0. The molecule has 27 heavy (non-hydrogen) atoms. The average molecular weight is 364 g/mol. The van der Waals surface area contributed by atoms with E-state index in [4.69, 9.17) is 9.47 Å². The van der Waals surface area contributed by atoms with Crippen LogP contribution in [0.3, 0.4) is 0 Å². The van der Waals surface area contributed by atoms with Gasteiger partial charge in [-0.05, 0) is 44.0 Å². The molecular weight excluding hydrogens is 344 g/mol. The third-order valence-corrected chi connectivity index (χ3v) is 5.24. The second-order valence-corrected chi connectivity index (χ2v) is 7.18. The molecule has 3 heterocycles. The average Bonchev–Trinajstić information content (AvgIpc) is 3.21. The molecule has 0 bridgehead atoms. The van der Waals surface area contributed by atoms with Crippen molar-refractivity contribution in [2.24, 2.45) is 0 Å². The van der Waals surface area contributed by atoms with Gasteiger partial charge in [0.2, 0.25) is 0 Å². The number of nitrogens with zero attached hydrogens (tertiary/aromatic N) is 3. The minimum Gasteiger partial charge on any atom is -0.448 e. The molecular formula is C20H20N4O3.